The Labute approximate surface area is 180 Å². The van der Waals surface area contributed by atoms with Crippen molar-refractivity contribution >= 4 is 22.9 Å². The van der Waals surface area contributed by atoms with Gasteiger partial charge >= 0.3 is 0 Å². The lowest BCUT2D eigenvalue weighted by atomic mass is 10.1. The lowest BCUT2D eigenvalue weighted by Gasteiger charge is -2.29. The maximum absolute atomic E-state index is 12.7. The van der Waals surface area contributed by atoms with Crippen molar-refractivity contribution in [2.24, 2.45) is 0 Å². The van der Waals surface area contributed by atoms with Gasteiger partial charge in [0.15, 0.2) is 0 Å². The maximum Gasteiger partial charge on any atom is 0.271 e. The Morgan fingerprint density at radius 1 is 1.13 bits per heavy atom. The molecule has 0 bridgehead atoms. The third-order valence-electron chi connectivity index (χ3n) is 5.19. The second-order valence-electron chi connectivity index (χ2n) is 7.15. The molecule has 1 N–H and O–H groups in total. The average Bonchev–Trinajstić information content (AvgIpc) is 3.30. The summed E-state index contributed by atoms with van der Waals surface area (Å²) in [5, 5.41) is 5.65. The largest absolute Gasteiger partial charge is 0.497 e. The number of anilines is 1. The van der Waals surface area contributed by atoms with Gasteiger partial charge in [0.1, 0.15) is 16.5 Å². The van der Waals surface area contributed by atoms with Gasteiger partial charge in [0.2, 0.25) is 0 Å². The predicted molar refractivity (Wildman–Crippen MR) is 119 cm³/mol. The number of carbonyl (C=O) groups is 1. The molecule has 4 rings (SSSR count). The molecule has 2 aromatic carbocycles. The van der Waals surface area contributed by atoms with Crippen LogP contribution in [0.15, 0.2) is 53.9 Å². The van der Waals surface area contributed by atoms with Crippen LogP contribution in [0.1, 0.15) is 29.0 Å². The molecular weight excluding hydrogens is 398 g/mol. The Bertz CT molecular complexity index is 980. The monoisotopic (exact) mass is 423 g/mol. The van der Waals surface area contributed by atoms with E-state index in [1.807, 2.05) is 31.2 Å². The molecule has 1 saturated heterocycles. The normalized spacial score (nSPS) is 14.9. The van der Waals surface area contributed by atoms with E-state index in [1.54, 1.807) is 12.5 Å². The van der Waals surface area contributed by atoms with Crippen LogP contribution in [0.3, 0.4) is 0 Å². The molecule has 0 aliphatic carbocycles. The first-order valence-electron chi connectivity index (χ1n) is 9.97. The molecule has 7 heteroatoms. The zero-order chi connectivity index (χ0) is 20.9. The number of hydrogen-bond acceptors (Lipinski definition) is 6. The summed E-state index contributed by atoms with van der Waals surface area (Å²) >= 11 is 1.46. The summed E-state index contributed by atoms with van der Waals surface area (Å²) in [6.07, 6.45) is 0. The topological polar surface area (TPSA) is 63.7 Å². The molecule has 1 aromatic heterocycles. The number of ether oxygens (including phenoxy) is 2. The van der Waals surface area contributed by atoms with Crippen molar-refractivity contribution in [1.29, 1.82) is 0 Å². The summed E-state index contributed by atoms with van der Waals surface area (Å²) in [7, 11) is 1.64. The fourth-order valence-corrected chi connectivity index (χ4v) is 4.20. The number of carbonyl (C=O) groups excluding carboxylic acids is 1. The minimum Gasteiger partial charge on any atom is -0.497 e. The molecule has 2 heterocycles. The van der Waals surface area contributed by atoms with E-state index in [1.165, 1.54) is 17.0 Å². The smallest absolute Gasteiger partial charge is 0.271 e. The molecule has 1 amide bonds. The number of aromatic nitrogens is 1. The zero-order valence-electron chi connectivity index (χ0n) is 17.1. The summed E-state index contributed by atoms with van der Waals surface area (Å²) in [6, 6.07) is 15.9. The number of thiazole rings is 1. The third-order valence-corrected chi connectivity index (χ3v) is 6.08. The minimum atomic E-state index is -0.171. The van der Waals surface area contributed by atoms with Crippen molar-refractivity contribution in [3.8, 4) is 16.3 Å². The van der Waals surface area contributed by atoms with Gasteiger partial charge in [0, 0.05) is 29.7 Å². The maximum atomic E-state index is 12.7. The number of morpholine rings is 1. The molecule has 1 atom stereocenters. The van der Waals surface area contributed by atoms with Crippen LogP contribution in [0, 0.1) is 0 Å². The predicted octanol–water partition coefficient (Wildman–Crippen LogP) is 4.15. The first-order valence-corrected chi connectivity index (χ1v) is 10.9. The van der Waals surface area contributed by atoms with Crippen LogP contribution in [0.5, 0.6) is 5.75 Å². The Morgan fingerprint density at radius 2 is 1.83 bits per heavy atom. The summed E-state index contributed by atoms with van der Waals surface area (Å²) < 4.78 is 10.6. The van der Waals surface area contributed by atoms with Gasteiger partial charge in [-0.25, -0.2) is 4.98 Å². The lowest BCUT2D eigenvalue weighted by molar-refractivity contribution is 0.0935. The van der Waals surface area contributed by atoms with Gasteiger partial charge in [-0.05, 0) is 48.9 Å². The number of amides is 1. The molecule has 1 fully saturated rings. The molecule has 0 spiro atoms. The molecule has 0 saturated carbocycles. The van der Waals surface area contributed by atoms with Gasteiger partial charge in [-0.3, -0.25) is 4.79 Å². The Morgan fingerprint density at radius 3 is 2.50 bits per heavy atom. The zero-order valence-corrected chi connectivity index (χ0v) is 17.9. The second-order valence-corrected chi connectivity index (χ2v) is 8.01. The van der Waals surface area contributed by atoms with E-state index < -0.39 is 0 Å². The van der Waals surface area contributed by atoms with Crippen LogP contribution in [0.25, 0.3) is 10.6 Å². The summed E-state index contributed by atoms with van der Waals surface area (Å²) in [6.45, 7) is 5.33. The summed E-state index contributed by atoms with van der Waals surface area (Å²) in [5.41, 5.74) is 3.64. The van der Waals surface area contributed by atoms with Crippen molar-refractivity contribution in [3.05, 3.63) is 65.2 Å². The highest BCUT2D eigenvalue weighted by Gasteiger charge is 2.16. The van der Waals surface area contributed by atoms with E-state index >= 15 is 0 Å². The lowest BCUT2D eigenvalue weighted by Crippen LogP contribution is -2.36. The van der Waals surface area contributed by atoms with Crippen molar-refractivity contribution in [3.63, 3.8) is 0 Å². The highest BCUT2D eigenvalue weighted by Crippen LogP contribution is 2.26. The molecular formula is C23H25N3O3S. The van der Waals surface area contributed by atoms with E-state index in [0.717, 1.165) is 48.2 Å². The molecule has 3 aromatic rings. The molecule has 6 nitrogen and oxygen atoms in total. The first-order chi connectivity index (χ1) is 14.6. The second kappa shape index (κ2) is 9.28. The minimum absolute atomic E-state index is 0.109. The van der Waals surface area contributed by atoms with E-state index in [9.17, 15) is 4.79 Å². The van der Waals surface area contributed by atoms with Gasteiger partial charge in [0.25, 0.3) is 5.91 Å². The Balaban J connectivity index is 1.39. The van der Waals surface area contributed by atoms with E-state index in [4.69, 9.17) is 9.47 Å². The van der Waals surface area contributed by atoms with E-state index in [0.29, 0.717) is 5.69 Å². The van der Waals surface area contributed by atoms with Crippen LogP contribution >= 0.6 is 11.3 Å². The van der Waals surface area contributed by atoms with Gasteiger partial charge in [-0.2, -0.15) is 0 Å². The summed E-state index contributed by atoms with van der Waals surface area (Å²) in [5.74, 6) is 0.623. The number of hydrogen-bond donors (Lipinski definition) is 1. The number of rotatable bonds is 6. The van der Waals surface area contributed by atoms with Gasteiger partial charge in [0.05, 0.1) is 26.4 Å². The fraction of sp³-hybridized carbons (Fsp3) is 0.304. The molecule has 0 radical (unpaired) electrons. The van der Waals surface area contributed by atoms with E-state index in [-0.39, 0.29) is 11.9 Å². The number of benzene rings is 2. The van der Waals surface area contributed by atoms with Crippen LogP contribution < -0.4 is 15.0 Å². The fourth-order valence-electron chi connectivity index (χ4n) is 3.39. The van der Waals surface area contributed by atoms with Crippen molar-refractivity contribution in [2.75, 3.05) is 38.3 Å². The van der Waals surface area contributed by atoms with Crippen LogP contribution in [-0.2, 0) is 4.74 Å². The number of nitrogens with one attached hydrogen (secondary N) is 1. The molecule has 1 aliphatic heterocycles. The van der Waals surface area contributed by atoms with Gasteiger partial charge < -0.3 is 19.7 Å². The SMILES string of the molecule is COc1ccc(-c2nc(C(=O)NC(C)c3ccc(N4CCOCC4)cc3)cs2)cc1. The van der Waals surface area contributed by atoms with Crippen molar-refractivity contribution in [2.45, 2.75) is 13.0 Å². The van der Waals surface area contributed by atoms with Crippen LogP contribution in [0.2, 0.25) is 0 Å². The van der Waals surface area contributed by atoms with Crippen molar-refractivity contribution < 1.29 is 14.3 Å². The molecule has 156 valence electrons. The number of methoxy groups -OCH3 is 1. The van der Waals surface area contributed by atoms with Gasteiger partial charge in [-0.15, -0.1) is 11.3 Å². The van der Waals surface area contributed by atoms with Gasteiger partial charge in [-0.1, -0.05) is 12.1 Å². The molecule has 30 heavy (non-hydrogen) atoms. The molecule has 1 unspecified atom stereocenters. The highest BCUT2D eigenvalue weighted by molar-refractivity contribution is 7.13. The Kier molecular flexibility index (Phi) is 6.30. The van der Waals surface area contributed by atoms with E-state index in [2.05, 4.69) is 39.5 Å². The quantitative estimate of drug-likeness (QED) is 0.645. The highest BCUT2D eigenvalue weighted by atomic mass is 32.1. The van der Waals surface area contributed by atoms with Crippen molar-refractivity contribution in [1.82, 2.24) is 10.3 Å². The molecule has 1 aliphatic rings. The number of nitrogens with zero attached hydrogens (tertiary/aromatic N) is 2. The average molecular weight is 424 g/mol. The Hall–Kier alpha value is -2.90. The van der Waals surface area contributed by atoms with Crippen LogP contribution in [-0.4, -0.2) is 44.3 Å². The van der Waals surface area contributed by atoms with Crippen LogP contribution in [0.4, 0.5) is 5.69 Å². The summed E-state index contributed by atoms with van der Waals surface area (Å²) in [4.78, 5) is 19.5. The third kappa shape index (κ3) is 4.63. The first kappa shape index (κ1) is 20.4. The standard InChI is InChI=1S/C23H25N3O3S/c1-16(17-3-7-19(8-4-17)26-11-13-29-14-12-26)24-22(27)21-15-30-23(25-21)18-5-9-20(28-2)10-6-18/h3-10,15-16H,11-14H2,1-2H3,(H,24,27).